The van der Waals surface area contributed by atoms with E-state index in [9.17, 15) is 0 Å². The van der Waals surface area contributed by atoms with Gasteiger partial charge in [-0.05, 0) is 19.2 Å². The maximum absolute atomic E-state index is 3.96. The summed E-state index contributed by atoms with van der Waals surface area (Å²) in [6.45, 7) is 0.785. The standard InChI is InChI=1S/C6H10BN3/c1-8-4-5-2-3-6(7)10-9-5/h2-3,8H,4,7H2,1H3. The van der Waals surface area contributed by atoms with E-state index in [0.29, 0.717) is 0 Å². The molecule has 0 unspecified atom stereocenters. The first-order valence-corrected chi connectivity index (χ1v) is 3.27. The second-order valence-corrected chi connectivity index (χ2v) is 2.20. The Hall–Kier alpha value is -0.895. The molecule has 0 atom stereocenters. The first-order chi connectivity index (χ1) is 4.83. The second kappa shape index (κ2) is 3.32. The van der Waals surface area contributed by atoms with Crippen LogP contribution in [0.1, 0.15) is 5.69 Å². The predicted octanol–water partition coefficient (Wildman–Crippen LogP) is -1.55. The Kier molecular flexibility index (Phi) is 2.39. The summed E-state index contributed by atoms with van der Waals surface area (Å²) >= 11 is 0. The van der Waals surface area contributed by atoms with E-state index in [1.54, 1.807) is 0 Å². The van der Waals surface area contributed by atoms with Gasteiger partial charge in [0.25, 0.3) is 0 Å². The van der Waals surface area contributed by atoms with E-state index >= 15 is 0 Å². The van der Waals surface area contributed by atoms with Crippen LogP contribution < -0.4 is 10.9 Å². The SMILES string of the molecule is Bc1ccc(CNC)nn1. The van der Waals surface area contributed by atoms with E-state index in [0.717, 1.165) is 17.8 Å². The fourth-order valence-corrected chi connectivity index (χ4v) is 0.702. The smallest absolute Gasteiger partial charge is 0.166 e. The number of hydrogen-bond donors (Lipinski definition) is 1. The summed E-state index contributed by atoms with van der Waals surface area (Å²) in [6.07, 6.45) is 0. The molecule has 0 radical (unpaired) electrons. The monoisotopic (exact) mass is 135 g/mol. The number of rotatable bonds is 2. The van der Waals surface area contributed by atoms with Crippen molar-refractivity contribution in [2.24, 2.45) is 0 Å². The molecule has 1 rings (SSSR count). The van der Waals surface area contributed by atoms with E-state index < -0.39 is 0 Å². The Balaban J connectivity index is 2.69. The molecule has 4 heteroatoms. The minimum atomic E-state index is 0.785. The van der Waals surface area contributed by atoms with Crippen molar-refractivity contribution in [3.8, 4) is 0 Å². The van der Waals surface area contributed by atoms with Crippen molar-refractivity contribution < 1.29 is 0 Å². The van der Waals surface area contributed by atoms with Crippen LogP contribution in [0.5, 0.6) is 0 Å². The molecule has 0 bridgehead atoms. The minimum Gasteiger partial charge on any atom is -0.314 e. The zero-order valence-electron chi connectivity index (χ0n) is 6.26. The highest BCUT2D eigenvalue weighted by Gasteiger charge is 1.90. The Morgan fingerprint density at radius 1 is 1.50 bits per heavy atom. The molecule has 0 spiro atoms. The normalized spacial score (nSPS) is 9.70. The quantitative estimate of drug-likeness (QED) is 0.499. The van der Waals surface area contributed by atoms with Gasteiger partial charge in [-0.2, -0.15) is 10.2 Å². The highest BCUT2D eigenvalue weighted by atomic mass is 15.1. The van der Waals surface area contributed by atoms with Gasteiger partial charge in [0.15, 0.2) is 7.85 Å². The number of hydrogen-bond acceptors (Lipinski definition) is 3. The van der Waals surface area contributed by atoms with Gasteiger partial charge in [-0.1, -0.05) is 0 Å². The molecule has 0 fully saturated rings. The van der Waals surface area contributed by atoms with E-state index in [4.69, 9.17) is 0 Å². The van der Waals surface area contributed by atoms with Crippen molar-refractivity contribution in [2.45, 2.75) is 6.54 Å². The van der Waals surface area contributed by atoms with Crippen molar-refractivity contribution in [1.29, 1.82) is 0 Å². The fourth-order valence-electron chi connectivity index (χ4n) is 0.702. The van der Waals surface area contributed by atoms with Crippen molar-refractivity contribution in [3.05, 3.63) is 17.8 Å². The van der Waals surface area contributed by atoms with Crippen molar-refractivity contribution in [2.75, 3.05) is 7.05 Å². The molecule has 1 aromatic heterocycles. The van der Waals surface area contributed by atoms with Crippen LogP contribution in [0.25, 0.3) is 0 Å². The third kappa shape index (κ3) is 1.81. The summed E-state index contributed by atoms with van der Waals surface area (Å²) in [5.74, 6) is 0. The molecule has 0 saturated heterocycles. The average Bonchev–Trinajstić information content (AvgIpc) is 1.95. The van der Waals surface area contributed by atoms with E-state index in [2.05, 4.69) is 15.5 Å². The van der Waals surface area contributed by atoms with Crippen molar-refractivity contribution in [1.82, 2.24) is 15.5 Å². The molecular weight excluding hydrogens is 125 g/mol. The van der Waals surface area contributed by atoms with E-state index in [1.807, 2.05) is 27.0 Å². The first-order valence-electron chi connectivity index (χ1n) is 3.27. The lowest BCUT2D eigenvalue weighted by Crippen LogP contribution is -2.14. The molecule has 0 aliphatic rings. The third-order valence-corrected chi connectivity index (χ3v) is 1.21. The van der Waals surface area contributed by atoms with Crippen LogP contribution in [-0.4, -0.2) is 25.1 Å². The summed E-state index contributed by atoms with van der Waals surface area (Å²) in [7, 11) is 3.82. The van der Waals surface area contributed by atoms with Crippen molar-refractivity contribution in [3.63, 3.8) is 0 Å². The summed E-state index contributed by atoms with van der Waals surface area (Å²) in [5, 5.41) is 10.9. The second-order valence-electron chi connectivity index (χ2n) is 2.20. The molecule has 0 saturated carbocycles. The van der Waals surface area contributed by atoms with Gasteiger partial charge in [0.2, 0.25) is 0 Å². The van der Waals surface area contributed by atoms with Gasteiger partial charge in [0, 0.05) is 12.1 Å². The highest BCUT2D eigenvalue weighted by Crippen LogP contribution is 1.85. The molecule has 0 aromatic carbocycles. The predicted molar refractivity (Wildman–Crippen MR) is 43.0 cm³/mol. The molecule has 52 valence electrons. The summed E-state index contributed by atoms with van der Waals surface area (Å²) in [4.78, 5) is 0. The zero-order chi connectivity index (χ0) is 7.40. The Morgan fingerprint density at radius 3 is 2.80 bits per heavy atom. The molecule has 1 aromatic rings. The topological polar surface area (TPSA) is 37.8 Å². The Labute approximate surface area is 61.3 Å². The zero-order valence-corrected chi connectivity index (χ0v) is 6.26. The summed E-state index contributed by atoms with van der Waals surface area (Å²) in [5.41, 5.74) is 1.94. The third-order valence-electron chi connectivity index (χ3n) is 1.21. The van der Waals surface area contributed by atoms with Gasteiger partial charge in [0.05, 0.1) is 5.69 Å². The van der Waals surface area contributed by atoms with Gasteiger partial charge >= 0.3 is 0 Å². The molecule has 0 aliphatic carbocycles. The number of aromatic nitrogens is 2. The maximum atomic E-state index is 3.96. The van der Waals surface area contributed by atoms with Gasteiger partial charge in [0.1, 0.15) is 0 Å². The molecular formula is C6H10BN3. The Morgan fingerprint density at radius 2 is 2.30 bits per heavy atom. The summed E-state index contributed by atoms with van der Waals surface area (Å²) < 4.78 is 0. The summed E-state index contributed by atoms with van der Waals surface area (Å²) in [6, 6.07) is 3.93. The lowest BCUT2D eigenvalue weighted by atomic mass is 10.1. The van der Waals surface area contributed by atoms with Crippen LogP contribution in [0.2, 0.25) is 0 Å². The lowest BCUT2D eigenvalue weighted by Gasteiger charge is -1.96. The van der Waals surface area contributed by atoms with Crippen LogP contribution in [0, 0.1) is 0 Å². The minimum absolute atomic E-state index is 0.785. The molecule has 0 amide bonds. The molecule has 0 aliphatic heterocycles. The average molecular weight is 135 g/mol. The molecule has 1 N–H and O–H groups in total. The van der Waals surface area contributed by atoms with Gasteiger partial charge < -0.3 is 5.32 Å². The molecule has 10 heavy (non-hydrogen) atoms. The lowest BCUT2D eigenvalue weighted by molar-refractivity contribution is 0.771. The highest BCUT2D eigenvalue weighted by molar-refractivity contribution is 6.30. The van der Waals surface area contributed by atoms with E-state index in [1.165, 1.54) is 0 Å². The van der Waals surface area contributed by atoms with Crippen LogP contribution in [0.4, 0.5) is 0 Å². The maximum Gasteiger partial charge on any atom is 0.166 e. The number of nitrogens with zero attached hydrogens (tertiary/aromatic N) is 2. The largest absolute Gasteiger partial charge is 0.314 e. The van der Waals surface area contributed by atoms with Crippen LogP contribution in [-0.2, 0) is 6.54 Å². The number of nitrogens with one attached hydrogen (secondary N) is 1. The van der Waals surface area contributed by atoms with Crippen molar-refractivity contribution >= 4 is 13.4 Å². The first kappa shape index (κ1) is 7.21. The van der Waals surface area contributed by atoms with Crippen LogP contribution in [0.3, 0.4) is 0 Å². The van der Waals surface area contributed by atoms with Gasteiger partial charge in [-0.15, -0.1) is 0 Å². The van der Waals surface area contributed by atoms with Gasteiger partial charge in [-0.25, -0.2) is 0 Å². The van der Waals surface area contributed by atoms with Crippen LogP contribution in [0.15, 0.2) is 12.1 Å². The van der Waals surface area contributed by atoms with Gasteiger partial charge in [-0.3, -0.25) is 0 Å². The fraction of sp³-hybridized carbons (Fsp3) is 0.333. The van der Waals surface area contributed by atoms with Crippen LogP contribution >= 0.6 is 0 Å². The van der Waals surface area contributed by atoms with E-state index in [-0.39, 0.29) is 0 Å². The Bertz CT molecular complexity index is 197. The molecule has 1 heterocycles. The molecule has 3 nitrogen and oxygen atoms in total.